The standard InChI is InChI=1S/C12H24O4Si/c1-10(2)12(13)16-8-7-9-17(14-5,15-6)11(3)4/h11H,1,7-9H2,2-6H3. The molecule has 0 aliphatic rings. The molecule has 0 aromatic carbocycles. The van der Waals surface area contributed by atoms with Gasteiger partial charge in [0, 0.05) is 19.8 Å². The van der Waals surface area contributed by atoms with Crippen molar-refractivity contribution in [3.63, 3.8) is 0 Å². The summed E-state index contributed by atoms with van der Waals surface area (Å²) in [6.45, 7) is 9.75. The van der Waals surface area contributed by atoms with E-state index in [1.807, 2.05) is 0 Å². The molecule has 0 aromatic rings. The van der Waals surface area contributed by atoms with E-state index in [1.54, 1.807) is 21.1 Å². The molecular weight excluding hydrogens is 236 g/mol. The van der Waals surface area contributed by atoms with Crippen LogP contribution < -0.4 is 0 Å². The van der Waals surface area contributed by atoms with Crippen LogP contribution in [0, 0.1) is 0 Å². The molecule has 0 aliphatic carbocycles. The minimum Gasteiger partial charge on any atom is -0.462 e. The van der Waals surface area contributed by atoms with Crippen LogP contribution in [-0.4, -0.2) is 35.4 Å². The second-order valence-corrected chi connectivity index (χ2v) is 8.49. The first-order valence-electron chi connectivity index (χ1n) is 5.82. The number of hydrogen-bond acceptors (Lipinski definition) is 4. The Morgan fingerprint density at radius 3 is 2.18 bits per heavy atom. The van der Waals surface area contributed by atoms with Gasteiger partial charge in [-0.3, -0.25) is 0 Å². The molecule has 0 saturated carbocycles. The molecule has 0 bridgehead atoms. The van der Waals surface area contributed by atoms with Crippen molar-refractivity contribution < 1.29 is 18.4 Å². The van der Waals surface area contributed by atoms with Crippen molar-refractivity contribution in [1.29, 1.82) is 0 Å². The highest BCUT2D eigenvalue weighted by molar-refractivity contribution is 6.68. The average molecular weight is 260 g/mol. The van der Waals surface area contributed by atoms with Gasteiger partial charge in [-0.2, -0.15) is 0 Å². The van der Waals surface area contributed by atoms with E-state index in [0.29, 0.717) is 17.7 Å². The maximum absolute atomic E-state index is 11.2. The SMILES string of the molecule is C=C(C)C(=O)OCCC[Si](OC)(OC)C(C)C. The summed E-state index contributed by atoms with van der Waals surface area (Å²) in [5.41, 5.74) is 0.796. The normalized spacial score (nSPS) is 11.6. The molecule has 0 amide bonds. The first kappa shape index (κ1) is 16.3. The summed E-state index contributed by atoms with van der Waals surface area (Å²) in [4.78, 5) is 11.2. The first-order valence-corrected chi connectivity index (χ1v) is 7.92. The molecule has 0 rings (SSSR count). The van der Waals surface area contributed by atoms with Gasteiger partial charge >= 0.3 is 14.5 Å². The van der Waals surface area contributed by atoms with Crippen molar-refractivity contribution in [2.24, 2.45) is 0 Å². The van der Waals surface area contributed by atoms with Crippen molar-refractivity contribution in [2.75, 3.05) is 20.8 Å². The molecule has 100 valence electrons. The average Bonchev–Trinajstić information content (AvgIpc) is 2.29. The van der Waals surface area contributed by atoms with Crippen LogP contribution in [0.3, 0.4) is 0 Å². The quantitative estimate of drug-likeness (QED) is 0.291. The molecule has 0 aromatic heterocycles. The summed E-state index contributed by atoms with van der Waals surface area (Å²) in [5.74, 6) is -0.336. The Morgan fingerprint density at radius 2 is 1.82 bits per heavy atom. The molecule has 17 heavy (non-hydrogen) atoms. The fraction of sp³-hybridized carbons (Fsp3) is 0.750. The number of carbonyl (C=O) groups excluding carboxylic acids is 1. The summed E-state index contributed by atoms with van der Waals surface area (Å²) in [6.07, 6.45) is 0.755. The second-order valence-electron chi connectivity index (χ2n) is 4.39. The fourth-order valence-electron chi connectivity index (χ4n) is 1.65. The van der Waals surface area contributed by atoms with Gasteiger partial charge in [0.05, 0.1) is 6.61 Å². The number of rotatable bonds is 8. The fourth-order valence-corrected chi connectivity index (χ4v) is 4.39. The summed E-state index contributed by atoms with van der Waals surface area (Å²) in [6, 6.07) is 0.821. The molecule has 0 fully saturated rings. The molecule has 0 N–H and O–H groups in total. The lowest BCUT2D eigenvalue weighted by molar-refractivity contribution is -0.138. The van der Waals surface area contributed by atoms with Crippen LogP contribution in [0.4, 0.5) is 0 Å². The van der Waals surface area contributed by atoms with E-state index in [-0.39, 0.29) is 5.97 Å². The smallest absolute Gasteiger partial charge is 0.340 e. The Kier molecular flexibility index (Phi) is 7.34. The van der Waals surface area contributed by atoms with E-state index in [4.69, 9.17) is 13.6 Å². The lowest BCUT2D eigenvalue weighted by atomic mass is 10.4. The van der Waals surface area contributed by atoms with Crippen LogP contribution >= 0.6 is 0 Å². The number of ether oxygens (including phenoxy) is 1. The predicted molar refractivity (Wildman–Crippen MR) is 70.1 cm³/mol. The molecule has 5 heteroatoms. The van der Waals surface area contributed by atoms with E-state index in [1.165, 1.54) is 0 Å². The molecule has 0 heterocycles. The summed E-state index contributed by atoms with van der Waals surface area (Å²) >= 11 is 0. The van der Waals surface area contributed by atoms with Gasteiger partial charge in [0.2, 0.25) is 0 Å². The molecule has 0 unspecified atom stereocenters. The van der Waals surface area contributed by atoms with Gasteiger partial charge in [-0.15, -0.1) is 0 Å². The topological polar surface area (TPSA) is 44.8 Å². The first-order chi connectivity index (χ1) is 7.89. The molecule has 0 atom stereocenters. The van der Waals surface area contributed by atoms with Gasteiger partial charge < -0.3 is 13.6 Å². The van der Waals surface area contributed by atoms with Gasteiger partial charge in [0.15, 0.2) is 0 Å². The Hall–Kier alpha value is -0.653. The minimum absolute atomic E-state index is 0.336. The zero-order valence-corrected chi connectivity index (χ0v) is 12.5. The maximum atomic E-state index is 11.2. The van der Waals surface area contributed by atoms with Gasteiger partial charge in [-0.1, -0.05) is 20.4 Å². The van der Waals surface area contributed by atoms with Crippen molar-refractivity contribution in [1.82, 2.24) is 0 Å². The van der Waals surface area contributed by atoms with E-state index in [9.17, 15) is 4.79 Å². The van der Waals surface area contributed by atoms with Gasteiger partial charge in [0.1, 0.15) is 0 Å². The zero-order valence-electron chi connectivity index (χ0n) is 11.5. The van der Waals surface area contributed by atoms with Gasteiger partial charge in [-0.05, 0) is 24.9 Å². The summed E-state index contributed by atoms with van der Waals surface area (Å²) < 4.78 is 16.2. The van der Waals surface area contributed by atoms with Crippen LogP contribution in [0.5, 0.6) is 0 Å². The van der Waals surface area contributed by atoms with Crippen molar-refractivity contribution >= 4 is 14.5 Å². The number of hydrogen-bond donors (Lipinski definition) is 0. The van der Waals surface area contributed by atoms with E-state index >= 15 is 0 Å². The van der Waals surface area contributed by atoms with Gasteiger partial charge in [0.25, 0.3) is 0 Å². The third-order valence-corrected chi connectivity index (χ3v) is 7.01. The molecule has 0 spiro atoms. The van der Waals surface area contributed by atoms with Crippen LogP contribution in [0.25, 0.3) is 0 Å². The highest BCUT2D eigenvalue weighted by Gasteiger charge is 2.38. The molecule has 0 saturated heterocycles. The zero-order chi connectivity index (χ0) is 13.5. The van der Waals surface area contributed by atoms with Crippen LogP contribution in [0.2, 0.25) is 11.6 Å². The molecular formula is C12H24O4Si. The lowest BCUT2D eigenvalue weighted by Gasteiger charge is -2.31. The molecule has 4 nitrogen and oxygen atoms in total. The van der Waals surface area contributed by atoms with Crippen molar-refractivity contribution in [3.05, 3.63) is 12.2 Å². The molecule has 0 radical (unpaired) electrons. The van der Waals surface area contributed by atoms with E-state index in [2.05, 4.69) is 20.4 Å². The summed E-state index contributed by atoms with van der Waals surface area (Å²) in [7, 11) is 1.25. The minimum atomic E-state index is -2.13. The maximum Gasteiger partial charge on any atom is 0.340 e. The predicted octanol–water partition coefficient (Wildman–Crippen LogP) is 2.64. The lowest BCUT2D eigenvalue weighted by Crippen LogP contribution is -2.43. The Bertz CT molecular complexity index is 259. The highest BCUT2D eigenvalue weighted by atomic mass is 28.4. The van der Waals surface area contributed by atoms with E-state index in [0.717, 1.165) is 12.5 Å². The number of carbonyl (C=O) groups is 1. The van der Waals surface area contributed by atoms with Gasteiger partial charge in [-0.25, -0.2) is 4.79 Å². The Labute approximate surface area is 105 Å². The third kappa shape index (κ3) is 5.02. The van der Waals surface area contributed by atoms with Crippen molar-refractivity contribution in [3.8, 4) is 0 Å². The second kappa shape index (κ2) is 7.63. The highest BCUT2D eigenvalue weighted by Crippen LogP contribution is 2.27. The van der Waals surface area contributed by atoms with E-state index < -0.39 is 8.56 Å². The van der Waals surface area contributed by atoms with Crippen molar-refractivity contribution in [2.45, 2.75) is 38.8 Å². The van der Waals surface area contributed by atoms with Crippen LogP contribution in [0.1, 0.15) is 27.2 Å². The number of esters is 1. The van der Waals surface area contributed by atoms with Crippen LogP contribution in [-0.2, 0) is 18.4 Å². The third-order valence-electron chi connectivity index (χ3n) is 2.82. The largest absolute Gasteiger partial charge is 0.462 e. The Morgan fingerprint density at radius 1 is 1.29 bits per heavy atom. The monoisotopic (exact) mass is 260 g/mol. The summed E-state index contributed by atoms with van der Waals surface area (Å²) in [5, 5.41) is 0. The van der Waals surface area contributed by atoms with Crippen LogP contribution in [0.15, 0.2) is 12.2 Å². The molecule has 0 aliphatic heterocycles. The Balaban J connectivity index is 4.08.